The summed E-state index contributed by atoms with van der Waals surface area (Å²) in [6, 6.07) is 9.68. The highest BCUT2D eigenvalue weighted by molar-refractivity contribution is 5.95. The Morgan fingerprint density at radius 3 is 2.31 bits per heavy atom. The Balaban J connectivity index is 2.48. The molecule has 0 saturated heterocycles. The Bertz CT molecular complexity index is 844. The molecule has 7 nitrogen and oxygen atoms in total. The van der Waals surface area contributed by atoms with Gasteiger partial charge >= 0.3 is 5.97 Å². The molecule has 0 amide bonds. The fraction of sp³-hybridized carbons (Fsp3) is 0.211. The first kappa shape index (κ1) is 19.0. The third-order valence-corrected chi connectivity index (χ3v) is 3.63. The van der Waals surface area contributed by atoms with Crippen molar-refractivity contribution in [2.45, 2.75) is 6.92 Å². The first-order valence-electron chi connectivity index (χ1n) is 7.86. The summed E-state index contributed by atoms with van der Waals surface area (Å²) in [7, 11) is 2.86. The van der Waals surface area contributed by atoms with E-state index in [-0.39, 0.29) is 18.0 Å². The van der Waals surface area contributed by atoms with E-state index in [4.69, 9.17) is 14.2 Å². The van der Waals surface area contributed by atoms with Gasteiger partial charge in [-0.3, -0.25) is 10.1 Å². The van der Waals surface area contributed by atoms with Crippen molar-refractivity contribution in [2.24, 2.45) is 0 Å². The topological polar surface area (TPSA) is 87.9 Å². The molecule has 7 heteroatoms. The van der Waals surface area contributed by atoms with Crippen LogP contribution in [-0.2, 0) is 4.74 Å². The van der Waals surface area contributed by atoms with Crippen molar-refractivity contribution in [2.75, 3.05) is 20.8 Å². The van der Waals surface area contributed by atoms with Gasteiger partial charge in [0.25, 0.3) is 5.69 Å². The van der Waals surface area contributed by atoms with Crippen molar-refractivity contribution < 1.29 is 23.9 Å². The summed E-state index contributed by atoms with van der Waals surface area (Å²) in [4.78, 5) is 22.9. The summed E-state index contributed by atoms with van der Waals surface area (Å²) in [6.45, 7) is 1.99. The van der Waals surface area contributed by atoms with Gasteiger partial charge in [0.1, 0.15) is 0 Å². The van der Waals surface area contributed by atoms with Gasteiger partial charge in [-0.15, -0.1) is 0 Å². The molecule has 136 valence electrons. The fourth-order valence-corrected chi connectivity index (χ4v) is 2.39. The maximum atomic E-state index is 12.0. The van der Waals surface area contributed by atoms with E-state index in [1.807, 2.05) is 0 Å². The number of methoxy groups -OCH3 is 2. The molecule has 0 heterocycles. The zero-order chi connectivity index (χ0) is 19.1. The lowest BCUT2D eigenvalue weighted by molar-refractivity contribution is -0.385. The third-order valence-electron chi connectivity index (χ3n) is 3.63. The average molecular weight is 357 g/mol. The molecule has 0 N–H and O–H groups in total. The molecule has 0 saturated carbocycles. The SMILES string of the molecule is CCOC(=O)c1ccccc1/C=C/c1cc(OC)c(OC)cc1[N+](=O)[O-]. The summed E-state index contributed by atoms with van der Waals surface area (Å²) in [5.41, 5.74) is 1.17. The molecule has 0 aromatic heterocycles. The highest BCUT2D eigenvalue weighted by Gasteiger charge is 2.18. The molecule has 0 aliphatic rings. The molecule has 0 unspecified atom stereocenters. The number of carbonyl (C=O) groups excluding carboxylic acids is 1. The Hall–Kier alpha value is -3.35. The van der Waals surface area contributed by atoms with Gasteiger partial charge in [0.05, 0.1) is 42.9 Å². The van der Waals surface area contributed by atoms with Crippen molar-refractivity contribution in [1.82, 2.24) is 0 Å². The van der Waals surface area contributed by atoms with Crippen molar-refractivity contribution in [3.8, 4) is 11.5 Å². The van der Waals surface area contributed by atoms with Gasteiger partial charge in [0.15, 0.2) is 11.5 Å². The number of carbonyl (C=O) groups is 1. The minimum atomic E-state index is -0.501. The normalized spacial score (nSPS) is 10.6. The second-order valence-corrected chi connectivity index (χ2v) is 5.16. The van der Waals surface area contributed by atoms with Crippen molar-refractivity contribution in [1.29, 1.82) is 0 Å². The van der Waals surface area contributed by atoms with E-state index >= 15 is 0 Å². The van der Waals surface area contributed by atoms with Gasteiger partial charge in [0, 0.05) is 0 Å². The quantitative estimate of drug-likeness (QED) is 0.323. The molecule has 0 atom stereocenters. The van der Waals surface area contributed by atoms with Gasteiger partial charge in [-0.2, -0.15) is 0 Å². The first-order chi connectivity index (χ1) is 12.5. The summed E-state index contributed by atoms with van der Waals surface area (Å²) < 4.78 is 15.3. The van der Waals surface area contributed by atoms with Crippen LogP contribution in [0.15, 0.2) is 36.4 Å². The minimum absolute atomic E-state index is 0.132. The van der Waals surface area contributed by atoms with E-state index in [0.717, 1.165) is 0 Å². The number of nitro groups is 1. The van der Waals surface area contributed by atoms with E-state index in [2.05, 4.69) is 0 Å². The number of benzene rings is 2. The molecule has 2 rings (SSSR count). The zero-order valence-corrected chi connectivity index (χ0v) is 14.7. The maximum Gasteiger partial charge on any atom is 0.338 e. The fourth-order valence-electron chi connectivity index (χ4n) is 2.39. The maximum absolute atomic E-state index is 12.0. The van der Waals surface area contributed by atoms with Gasteiger partial charge < -0.3 is 14.2 Å². The second kappa shape index (κ2) is 8.66. The Morgan fingerprint density at radius 1 is 1.08 bits per heavy atom. The van der Waals surface area contributed by atoms with Crippen LogP contribution in [0.3, 0.4) is 0 Å². The van der Waals surface area contributed by atoms with Crippen LogP contribution >= 0.6 is 0 Å². The van der Waals surface area contributed by atoms with Crippen molar-refractivity contribution in [3.63, 3.8) is 0 Å². The Labute approximate surface area is 151 Å². The lowest BCUT2D eigenvalue weighted by atomic mass is 10.0. The molecule has 26 heavy (non-hydrogen) atoms. The molecule has 0 bridgehead atoms. The van der Waals surface area contributed by atoms with E-state index in [1.54, 1.807) is 43.3 Å². The molecule has 2 aromatic rings. The molecular formula is C19H19NO6. The van der Waals surface area contributed by atoms with E-state index < -0.39 is 10.9 Å². The highest BCUT2D eigenvalue weighted by Crippen LogP contribution is 2.35. The van der Waals surface area contributed by atoms with Gasteiger partial charge in [0.2, 0.25) is 0 Å². The number of ether oxygens (including phenoxy) is 3. The number of nitrogens with zero attached hydrogens (tertiary/aromatic N) is 1. The average Bonchev–Trinajstić information content (AvgIpc) is 2.65. The van der Waals surface area contributed by atoms with Crippen LogP contribution in [0, 0.1) is 10.1 Å². The third kappa shape index (κ3) is 4.18. The van der Waals surface area contributed by atoms with E-state index in [1.165, 1.54) is 26.4 Å². The summed E-state index contributed by atoms with van der Waals surface area (Å²) >= 11 is 0. The number of nitro benzene ring substituents is 1. The Morgan fingerprint density at radius 2 is 1.69 bits per heavy atom. The second-order valence-electron chi connectivity index (χ2n) is 5.16. The number of hydrogen-bond acceptors (Lipinski definition) is 6. The van der Waals surface area contributed by atoms with Gasteiger partial charge in [-0.1, -0.05) is 24.3 Å². The van der Waals surface area contributed by atoms with Crippen LogP contribution in [0.5, 0.6) is 11.5 Å². The lowest BCUT2D eigenvalue weighted by Crippen LogP contribution is -2.06. The molecule has 2 aromatic carbocycles. The molecule has 0 fully saturated rings. The monoisotopic (exact) mass is 357 g/mol. The molecule has 0 radical (unpaired) electrons. The van der Waals surface area contributed by atoms with Gasteiger partial charge in [-0.25, -0.2) is 4.79 Å². The lowest BCUT2D eigenvalue weighted by Gasteiger charge is -2.09. The predicted octanol–water partition coefficient (Wildman–Crippen LogP) is 3.96. The number of hydrogen-bond donors (Lipinski definition) is 0. The first-order valence-corrected chi connectivity index (χ1v) is 7.86. The minimum Gasteiger partial charge on any atom is -0.493 e. The zero-order valence-electron chi connectivity index (χ0n) is 14.7. The van der Waals surface area contributed by atoms with Crippen molar-refractivity contribution >= 4 is 23.8 Å². The molecule has 0 spiro atoms. The number of rotatable bonds is 7. The summed E-state index contributed by atoms with van der Waals surface area (Å²) in [5, 5.41) is 11.4. The predicted molar refractivity (Wildman–Crippen MR) is 97.5 cm³/mol. The van der Waals surface area contributed by atoms with Crippen LogP contribution in [0.25, 0.3) is 12.2 Å². The molecular weight excluding hydrogens is 338 g/mol. The van der Waals surface area contributed by atoms with Crippen LogP contribution in [0.1, 0.15) is 28.4 Å². The standard InChI is InChI=1S/C19H19NO6/c1-4-26-19(21)15-8-6-5-7-13(15)9-10-14-11-17(24-2)18(25-3)12-16(14)20(22)23/h5-12H,4H2,1-3H3/b10-9+. The van der Waals surface area contributed by atoms with Crippen LogP contribution in [-0.4, -0.2) is 31.7 Å². The summed E-state index contributed by atoms with van der Waals surface area (Å²) in [6.07, 6.45) is 3.18. The molecule has 0 aliphatic carbocycles. The van der Waals surface area contributed by atoms with Crippen LogP contribution < -0.4 is 9.47 Å². The highest BCUT2D eigenvalue weighted by atomic mass is 16.6. The van der Waals surface area contributed by atoms with E-state index in [0.29, 0.717) is 22.4 Å². The van der Waals surface area contributed by atoms with Crippen LogP contribution in [0.2, 0.25) is 0 Å². The Kier molecular flexibility index (Phi) is 6.32. The smallest absolute Gasteiger partial charge is 0.338 e. The molecule has 0 aliphatic heterocycles. The van der Waals surface area contributed by atoms with E-state index in [9.17, 15) is 14.9 Å². The van der Waals surface area contributed by atoms with Crippen molar-refractivity contribution in [3.05, 3.63) is 63.2 Å². The largest absolute Gasteiger partial charge is 0.493 e. The summed E-state index contributed by atoms with van der Waals surface area (Å²) in [5.74, 6) is 0.189. The number of esters is 1. The van der Waals surface area contributed by atoms with Gasteiger partial charge in [-0.05, 0) is 30.7 Å². The van der Waals surface area contributed by atoms with Crippen LogP contribution in [0.4, 0.5) is 5.69 Å².